The lowest BCUT2D eigenvalue weighted by atomic mass is 9.99. The van der Waals surface area contributed by atoms with Gasteiger partial charge in [0.15, 0.2) is 0 Å². The second-order valence-corrected chi connectivity index (χ2v) is 6.33. The Morgan fingerprint density at radius 1 is 1.40 bits per heavy atom. The number of thioether (sulfide) groups is 1. The van der Waals surface area contributed by atoms with Crippen LogP contribution in [0.1, 0.15) is 45.1 Å². The van der Waals surface area contributed by atoms with Crippen LogP contribution in [0.3, 0.4) is 0 Å². The minimum atomic E-state index is 0.471. The molecule has 1 rings (SSSR count). The predicted molar refractivity (Wildman–Crippen MR) is 95.9 cm³/mol. The molecule has 0 saturated heterocycles. The van der Waals surface area contributed by atoms with Crippen molar-refractivity contribution in [2.45, 2.75) is 44.4 Å². The molecule has 0 aromatic heterocycles. The van der Waals surface area contributed by atoms with E-state index in [4.69, 9.17) is 18.0 Å². The van der Waals surface area contributed by atoms with Gasteiger partial charge in [-0.15, -0.1) is 11.8 Å². The van der Waals surface area contributed by atoms with E-state index >= 15 is 0 Å². The van der Waals surface area contributed by atoms with E-state index in [2.05, 4.69) is 43.6 Å². The van der Waals surface area contributed by atoms with Crippen LogP contribution in [-0.2, 0) is 0 Å². The Kier molecular flexibility index (Phi) is 8.00. The normalized spacial score (nSPS) is 12.2. The fraction of sp³-hybridized carbons (Fsp3) is 0.562. The van der Waals surface area contributed by atoms with E-state index in [1.165, 1.54) is 25.7 Å². The SMILES string of the molecule is CCCCC(CC)CNc1cccc(SC)c1C(N)=S. The van der Waals surface area contributed by atoms with Crippen molar-refractivity contribution >= 4 is 34.7 Å². The van der Waals surface area contributed by atoms with Gasteiger partial charge in [-0.25, -0.2) is 0 Å². The van der Waals surface area contributed by atoms with Crippen LogP contribution in [0.2, 0.25) is 0 Å². The monoisotopic (exact) mass is 310 g/mol. The van der Waals surface area contributed by atoms with Crippen molar-refractivity contribution in [1.82, 2.24) is 0 Å². The summed E-state index contributed by atoms with van der Waals surface area (Å²) in [5.41, 5.74) is 7.94. The number of nitrogens with two attached hydrogens (primary N) is 1. The summed E-state index contributed by atoms with van der Waals surface area (Å²) < 4.78 is 0. The number of hydrogen-bond acceptors (Lipinski definition) is 3. The molecule has 3 N–H and O–H groups in total. The molecule has 1 aromatic carbocycles. The summed E-state index contributed by atoms with van der Waals surface area (Å²) in [6, 6.07) is 6.20. The summed E-state index contributed by atoms with van der Waals surface area (Å²) in [7, 11) is 0. The van der Waals surface area contributed by atoms with E-state index in [1.54, 1.807) is 11.8 Å². The maximum atomic E-state index is 5.89. The third kappa shape index (κ3) is 4.98. The van der Waals surface area contributed by atoms with Crippen LogP contribution < -0.4 is 11.1 Å². The lowest BCUT2D eigenvalue weighted by Gasteiger charge is -2.19. The van der Waals surface area contributed by atoms with Gasteiger partial charge in [0.2, 0.25) is 0 Å². The van der Waals surface area contributed by atoms with E-state index in [0.717, 1.165) is 22.7 Å². The van der Waals surface area contributed by atoms with Gasteiger partial charge >= 0.3 is 0 Å². The highest BCUT2D eigenvalue weighted by molar-refractivity contribution is 7.98. The first-order valence-corrected chi connectivity index (χ1v) is 8.97. The molecule has 4 heteroatoms. The maximum absolute atomic E-state index is 5.89. The van der Waals surface area contributed by atoms with E-state index in [0.29, 0.717) is 10.9 Å². The van der Waals surface area contributed by atoms with Crippen molar-refractivity contribution in [1.29, 1.82) is 0 Å². The van der Waals surface area contributed by atoms with Gasteiger partial charge < -0.3 is 11.1 Å². The quantitative estimate of drug-likeness (QED) is 0.513. The largest absolute Gasteiger partial charge is 0.389 e. The summed E-state index contributed by atoms with van der Waals surface area (Å²) in [5, 5.41) is 3.55. The number of unbranched alkanes of at least 4 members (excludes halogenated alkanes) is 1. The zero-order valence-corrected chi connectivity index (χ0v) is 14.4. The van der Waals surface area contributed by atoms with Gasteiger partial charge in [0.1, 0.15) is 4.99 Å². The van der Waals surface area contributed by atoms with Crippen LogP contribution in [0.5, 0.6) is 0 Å². The van der Waals surface area contributed by atoms with Crippen molar-refractivity contribution in [3.8, 4) is 0 Å². The smallest absolute Gasteiger partial charge is 0.107 e. The van der Waals surface area contributed by atoms with Crippen molar-refractivity contribution in [2.75, 3.05) is 18.1 Å². The van der Waals surface area contributed by atoms with Crippen LogP contribution in [0.25, 0.3) is 0 Å². The molecule has 0 fully saturated rings. The predicted octanol–water partition coefficient (Wildman–Crippen LogP) is 4.67. The summed E-state index contributed by atoms with van der Waals surface area (Å²) in [6.07, 6.45) is 7.10. The van der Waals surface area contributed by atoms with Gasteiger partial charge in [-0.1, -0.05) is 51.4 Å². The minimum Gasteiger partial charge on any atom is -0.389 e. The summed E-state index contributed by atoms with van der Waals surface area (Å²) in [6.45, 7) is 5.49. The van der Waals surface area contributed by atoms with Crippen LogP contribution in [0.15, 0.2) is 23.1 Å². The molecule has 0 aliphatic carbocycles. The van der Waals surface area contributed by atoms with E-state index < -0.39 is 0 Å². The van der Waals surface area contributed by atoms with Crippen LogP contribution >= 0.6 is 24.0 Å². The molecule has 1 unspecified atom stereocenters. The molecule has 0 amide bonds. The second-order valence-electron chi connectivity index (χ2n) is 5.04. The Morgan fingerprint density at radius 2 is 2.15 bits per heavy atom. The third-order valence-electron chi connectivity index (χ3n) is 3.62. The molecule has 0 aliphatic heterocycles. The fourth-order valence-electron chi connectivity index (χ4n) is 2.30. The molecule has 1 atom stereocenters. The van der Waals surface area contributed by atoms with Crippen LogP contribution in [0.4, 0.5) is 5.69 Å². The number of benzene rings is 1. The van der Waals surface area contributed by atoms with Crippen molar-refractivity contribution in [3.63, 3.8) is 0 Å². The van der Waals surface area contributed by atoms with Gasteiger partial charge in [-0.2, -0.15) is 0 Å². The van der Waals surface area contributed by atoms with Gasteiger partial charge in [0.25, 0.3) is 0 Å². The highest BCUT2D eigenvalue weighted by atomic mass is 32.2. The number of thiocarbonyl (C=S) groups is 1. The molecule has 0 saturated carbocycles. The van der Waals surface area contributed by atoms with Gasteiger partial charge in [-0.05, 0) is 30.7 Å². The van der Waals surface area contributed by atoms with Crippen molar-refractivity contribution < 1.29 is 0 Å². The number of anilines is 1. The first kappa shape index (κ1) is 17.3. The molecule has 20 heavy (non-hydrogen) atoms. The summed E-state index contributed by atoms with van der Waals surface area (Å²) in [4.78, 5) is 1.61. The van der Waals surface area contributed by atoms with E-state index in [9.17, 15) is 0 Å². The molecule has 112 valence electrons. The lowest BCUT2D eigenvalue weighted by Crippen LogP contribution is -2.18. The molecule has 0 heterocycles. The van der Waals surface area contributed by atoms with Crippen LogP contribution in [-0.4, -0.2) is 17.8 Å². The topological polar surface area (TPSA) is 38.0 Å². The molecular formula is C16H26N2S2. The first-order chi connectivity index (χ1) is 9.63. The minimum absolute atomic E-state index is 0.471. The van der Waals surface area contributed by atoms with Crippen molar-refractivity contribution in [3.05, 3.63) is 23.8 Å². The highest BCUT2D eigenvalue weighted by Gasteiger charge is 2.12. The summed E-state index contributed by atoms with van der Waals surface area (Å²) in [5.74, 6) is 0.715. The third-order valence-corrected chi connectivity index (χ3v) is 4.60. The second kappa shape index (κ2) is 9.24. The number of nitrogens with one attached hydrogen (secondary N) is 1. The highest BCUT2D eigenvalue weighted by Crippen LogP contribution is 2.27. The molecule has 2 nitrogen and oxygen atoms in total. The Bertz CT molecular complexity index is 432. The standard InChI is InChI=1S/C16H26N2S2/c1-4-6-8-12(5-2)11-18-13-9-7-10-14(20-3)15(13)16(17)19/h7,9-10,12,18H,4-6,8,11H2,1-3H3,(H2,17,19). The molecule has 0 aliphatic rings. The molecule has 0 bridgehead atoms. The maximum Gasteiger partial charge on any atom is 0.107 e. The Balaban J connectivity index is 2.78. The van der Waals surface area contributed by atoms with E-state index in [1.807, 2.05) is 0 Å². The number of hydrogen-bond donors (Lipinski definition) is 2. The summed E-state index contributed by atoms with van der Waals surface area (Å²) >= 11 is 6.89. The van der Waals surface area contributed by atoms with Gasteiger partial charge in [-0.3, -0.25) is 0 Å². The molecule has 0 spiro atoms. The van der Waals surface area contributed by atoms with Crippen molar-refractivity contribution in [2.24, 2.45) is 11.7 Å². The number of rotatable bonds is 9. The van der Waals surface area contributed by atoms with Crippen LogP contribution in [0, 0.1) is 5.92 Å². The Labute approximate surface area is 132 Å². The zero-order valence-electron chi connectivity index (χ0n) is 12.7. The zero-order chi connectivity index (χ0) is 15.0. The molecule has 1 aromatic rings. The molecule has 0 radical (unpaired) electrons. The average Bonchev–Trinajstić information content (AvgIpc) is 2.46. The van der Waals surface area contributed by atoms with Gasteiger partial charge in [0.05, 0.1) is 0 Å². The van der Waals surface area contributed by atoms with E-state index in [-0.39, 0.29) is 0 Å². The van der Waals surface area contributed by atoms with Gasteiger partial charge in [0, 0.05) is 22.7 Å². The Morgan fingerprint density at radius 3 is 2.70 bits per heavy atom. The molecular weight excluding hydrogens is 284 g/mol. The lowest BCUT2D eigenvalue weighted by molar-refractivity contribution is 0.473. The first-order valence-electron chi connectivity index (χ1n) is 7.34. The fourth-order valence-corrected chi connectivity index (χ4v) is 3.22. The Hall–Kier alpha value is -0.740. The average molecular weight is 311 g/mol.